The lowest BCUT2D eigenvalue weighted by Gasteiger charge is -2.34. The molecule has 1 unspecified atom stereocenters. The van der Waals surface area contributed by atoms with Crippen LogP contribution in [0.15, 0.2) is 120 Å². The van der Waals surface area contributed by atoms with Crippen LogP contribution in [0.2, 0.25) is 0 Å². The molecule has 4 aliphatic carbocycles. The number of hydrogen-bond donors (Lipinski definition) is 0. The highest BCUT2D eigenvalue weighted by molar-refractivity contribution is 6.20. The molecule has 0 fully saturated rings. The van der Waals surface area contributed by atoms with Gasteiger partial charge in [0.05, 0.1) is 0 Å². The molecule has 0 heteroatoms. The van der Waals surface area contributed by atoms with Gasteiger partial charge in [-0.25, -0.2) is 0 Å². The molecule has 31 heavy (non-hydrogen) atoms. The SMILES string of the molecule is C1=CC2C3=C(C4=Cc5ccccc5C4=C2c2ccccc2)c2ccccc2C=CC3=C1. The van der Waals surface area contributed by atoms with Crippen LogP contribution in [0, 0.1) is 5.92 Å². The summed E-state index contributed by atoms with van der Waals surface area (Å²) in [6.07, 6.45) is 13.9. The van der Waals surface area contributed by atoms with Crippen LogP contribution in [0.1, 0.15) is 27.8 Å². The summed E-state index contributed by atoms with van der Waals surface area (Å²) in [5.41, 5.74) is 14.9. The van der Waals surface area contributed by atoms with Crippen molar-refractivity contribution in [3.05, 3.63) is 148 Å². The highest BCUT2D eigenvalue weighted by Crippen LogP contribution is 2.58. The van der Waals surface area contributed by atoms with Gasteiger partial charge in [-0.1, -0.05) is 109 Å². The molecule has 0 heterocycles. The van der Waals surface area contributed by atoms with Crippen molar-refractivity contribution in [3.8, 4) is 0 Å². The third-order valence-electron chi connectivity index (χ3n) is 6.88. The van der Waals surface area contributed by atoms with Gasteiger partial charge in [0.2, 0.25) is 0 Å². The average molecular weight is 393 g/mol. The fourth-order valence-electron chi connectivity index (χ4n) is 5.61. The Balaban J connectivity index is 1.63. The van der Waals surface area contributed by atoms with Crippen molar-refractivity contribution in [2.24, 2.45) is 5.92 Å². The highest BCUT2D eigenvalue weighted by atomic mass is 14.4. The van der Waals surface area contributed by atoms with Crippen LogP contribution in [0.4, 0.5) is 0 Å². The molecule has 3 aromatic rings. The minimum absolute atomic E-state index is 0.242. The van der Waals surface area contributed by atoms with Crippen LogP contribution < -0.4 is 0 Å². The summed E-state index contributed by atoms with van der Waals surface area (Å²) in [4.78, 5) is 0. The standard InChI is InChI=1S/C31H20/c1-2-10-21(11-3-1)28-26-16-8-13-22-18-17-20-9-4-6-14-24(20)30(29(22)26)27-19-23-12-5-7-15-25(23)31(27)28/h1-19,26H. The molecule has 0 saturated heterocycles. The maximum absolute atomic E-state index is 2.41. The summed E-state index contributed by atoms with van der Waals surface area (Å²) in [5, 5.41) is 0. The van der Waals surface area contributed by atoms with Crippen LogP contribution in [-0.2, 0) is 0 Å². The number of benzene rings is 3. The summed E-state index contributed by atoms with van der Waals surface area (Å²) in [6, 6.07) is 28.6. The summed E-state index contributed by atoms with van der Waals surface area (Å²) >= 11 is 0. The van der Waals surface area contributed by atoms with Gasteiger partial charge >= 0.3 is 0 Å². The monoisotopic (exact) mass is 392 g/mol. The lowest BCUT2D eigenvalue weighted by Crippen LogP contribution is -2.17. The van der Waals surface area contributed by atoms with E-state index in [-0.39, 0.29) is 5.92 Å². The van der Waals surface area contributed by atoms with Gasteiger partial charge in [-0.3, -0.25) is 0 Å². The summed E-state index contributed by atoms with van der Waals surface area (Å²) in [5.74, 6) is 0.242. The Morgan fingerprint density at radius 1 is 0.581 bits per heavy atom. The maximum atomic E-state index is 2.41. The smallest absolute Gasteiger partial charge is 0.0297 e. The van der Waals surface area contributed by atoms with E-state index in [1.165, 1.54) is 61.3 Å². The van der Waals surface area contributed by atoms with E-state index in [4.69, 9.17) is 0 Å². The third kappa shape index (κ3) is 2.30. The highest BCUT2D eigenvalue weighted by Gasteiger charge is 2.39. The number of allylic oxidation sites excluding steroid dienone is 10. The van der Waals surface area contributed by atoms with Crippen LogP contribution in [0.25, 0.3) is 28.9 Å². The summed E-state index contributed by atoms with van der Waals surface area (Å²) in [6.45, 7) is 0. The molecule has 0 aromatic heterocycles. The van der Waals surface area contributed by atoms with E-state index in [1.54, 1.807) is 0 Å². The second kappa shape index (κ2) is 6.30. The quantitative estimate of drug-likeness (QED) is 0.400. The van der Waals surface area contributed by atoms with Gasteiger partial charge in [0, 0.05) is 5.92 Å². The van der Waals surface area contributed by atoms with E-state index in [0.717, 1.165) is 0 Å². The Morgan fingerprint density at radius 2 is 1.26 bits per heavy atom. The molecular formula is C31H20. The zero-order valence-electron chi connectivity index (χ0n) is 17.0. The molecule has 0 radical (unpaired) electrons. The minimum Gasteiger partial charge on any atom is -0.0725 e. The molecule has 0 amide bonds. The Bertz CT molecular complexity index is 1450. The Morgan fingerprint density at radius 3 is 2.10 bits per heavy atom. The van der Waals surface area contributed by atoms with Gasteiger partial charge in [0.25, 0.3) is 0 Å². The molecule has 0 aliphatic heterocycles. The van der Waals surface area contributed by atoms with E-state index >= 15 is 0 Å². The van der Waals surface area contributed by atoms with Crippen molar-refractivity contribution in [1.29, 1.82) is 0 Å². The zero-order valence-corrected chi connectivity index (χ0v) is 17.0. The second-order valence-corrected chi connectivity index (χ2v) is 8.49. The second-order valence-electron chi connectivity index (χ2n) is 8.49. The van der Waals surface area contributed by atoms with Crippen molar-refractivity contribution in [2.45, 2.75) is 0 Å². The van der Waals surface area contributed by atoms with Crippen molar-refractivity contribution in [1.82, 2.24) is 0 Å². The Hall–Kier alpha value is -3.90. The van der Waals surface area contributed by atoms with Crippen LogP contribution in [0.5, 0.6) is 0 Å². The lowest BCUT2D eigenvalue weighted by atomic mass is 9.68. The molecule has 144 valence electrons. The fraction of sp³-hybridized carbons (Fsp3) is 0.0323. The van der Waals surface area contributed by atoms with Crippen molar-refractivity contribution >= 4 is 28.9 Å². The number of rotatable bonds is 1. The number of fused-ring (bicyclic) bond motifs is 6. The average Bonchev–Trinajstić information content (AvgIpc) is 3.12. The molecule has 3 aromatic carbocycles. The summed E-state index contributed by atoms with van der Waals surface area (Å²) < 4.78 is 0. The minimum atomic E-state index is 0.242. The molecule has 4 aliphatic rings. The lowest BCUT2D eigenvalue weighted by molar-refractivity contribution is 0.995. The molecule has 0 spiro atoms. The van der Waals surface area contributed by atoms with E-state index < -0.39 is 0 Å². The Labute approximate surface area is 182 Å². The molecule has 0 bridgehead atoms. The van der Waals surface area contributed by atoms with Gasteiger partial charge < -0.3 is 0 Å². The molecule has 0 N–H and O–H groups in total. The van der Waals surface area contributed by atoms with Crippen LogP contribution in [0.3, 0.4) is 0 Å². The fourth-order valence-corrected chi connectivity index (χ4v) is 5.61. The maximum Gasteiger partial charge on any atom is 0.0297 e. The van der Waals surface area contributed by atoms with Gasteiger partial charge in [0.1, 0.15) is 0 Å². The molecule has 0 nitrogen and oxygen atoms in total. The zero-order chi connectivity index (χ0) is 20.4. The third-order valence-corrected chi connectivity index (χ3v) is 6.88. The first-order valence-electron chi connectivity index (χ1n) is 10.9. The topological polar surface area (TPSA) is 0 Å². The van der Waals surface area contributed by atoms with Crippen molar-refractivity contribution in [3.63, 3.8) is 0 Å². The predicted molar refractivity (Wildman–Crippen MR) is 131 cm³/mol. The summed E-state index contributed by atoms with van der Waals surface area (Å²) in [7, 11) is 0. The van der Waals surface area contributed by atoms with Gasteiger partial charge in [-0.2, -0.15) is 0 Å². The molecule has 1 atom stereocenters. The van der Waals surface area contributed by atoms with Crippen molar-refractivity contribution in [2.75, 3.05) is 0 Å². The van der Waals surface area contributed by atoms with E-state index in [9.17, 15) is 0 Å². The van der Waals surface area contributed by atoms with Gasteiger partial charge in [-0.05, 0) is 67.3 Å². The Kier molecular flexibility index (Phi) is 3.42. The predicted octanol–water partition coefficient (Wildman–Crippen LogP) is 7.60. The first kappa shape index (κ1) is 16.8. The largest absolute Gasteiger partial charge is 0.0725 e. The van der Waals surface area contributed by atoms with Crippen molar-refractivity contribution < 1.29 is 0 Å². The van der Waals surface area contributed by atoms with Crippen LogP contribution >= 0.6 is 0 Å². The first-order chi connectivity index (χ1) is 15.4. The molecule has 0 saturated carbocycles. The van der Waals surface area contributed by atoms with Gasteiger partial charge in [-0.15, -0.1) is 0 Å². The first-order valence-corrected chi connectivity index (χ1v) is 10.9. The van der Waals surface area contributed by atoms with E-state index in [2.05, 4.69) is 115 Å². The van der Waals surface area contributed by atoms with E-state index in [0.29, 0.717) is 0 Å². The number of hydrogen-bond acceptors (Lipinski definition) is 0. The normalized spacial score (nSPS) is 19.8. The van der Waals surface area contributed by atoms with E-state index in [1.807, 2.05) is 0 Å². The molecule has 7 rings (SSSR count). The molecular weight excluding hydrogens is 372 g/mol. The van der Waals surface area contributed by atoms with Gasteiger partial charge in [0.15, 0.2) is 0 Å². The van der Waals surface area contributed by atoms with Crippen LogP contribution in [-0.4, -0.2) is 0 Å².